The van der Waals surface area contributed by atoms with Gasteiger partial charge in [-0.2, -0.15) is 0 Å². The quantitative estimate of drug-likeness (QED) is 0.731. The van der Waals surface area contributed by atoms with Crippen molar-refractivity contribution >= 4 is 11.9 Å². The molecule has 0 aromatic heterocycles. The molecule has 0 unspecified atom stereocenters. The fraction of sp³-hybridized carbons (Fsp3) is 0.846. The molecule has 0 bridgehead atoms. The number of piperidine rings is 2. The van der Waals surface area contributed by atoms with Gasteiger partial charge in [-0.05, 0) is 32.2 Å². The van der Waals surface area contributed by atoms with Crippen LogP contribution >= 0.6 is 0 Å². The minimum atomic E-state index is -0.141. The summed E-state index contributed by atoms with van der Waals surface area (Å²) < 4.78 is 4.75. The molecule has 2 saturated heterocycles. The molecule has 2 rings (SSSR count). The standard InChI is InChI=1S/C13H22N2O3/c1-18-13(17)10-5-8-15(9-6-10)12(16)11-4-2-3-7-14-11/h10-11,14H,2-9H2,1H3/t11-/m0/s1. The molecule has 2 aliphatic heterocycles. The summed E-state index contributed by atoms with van der Waals surface area (Å²) in [7, 11) is 1.42. The van der Waals surface area contributed by atoms with Crippen molar-refractivity contribution in [2.45, 2.75) is 38.1 Å². The van der Waals surface area contributed by atoms with Crippen LogP contribution in [0.25, 0.3) is 0 Å². The number of nitrogens with zero attached hydrogens (tertiary/aromatic N) is 1. The van der Waals surface area contributed by atoms with E-state index in [1.807, 2.05) is 4.90 Å². The van der Waals surface area contributed by atoms with Crippen LogP contribution in [0.3, 0.4) is 0 Å². The van der Waals surface area contributed by atoms with E-state index in [1.54, 1.807) is 0 Å². The third kappa shape index (κ3) is 3.02. The topological polar surface area (TPSA) is 58.6 Å². The molecule has 0 saturated carbocycles. The van der Waals surface area contributed by atoms with Crippen molar-refractivity contribution in [3.8, 4) is 0 Å². The first kappa shape index (κ1) is 13.3. The number of carbonyl (C=O) groups is 2. The molecule has 2 fully saturated rings. The first-order valence-corrected chi connectivity index (χ1v) is 6.82. The smallest absolute Gasteiger partial charge is 0.308 e. The molecule has 2 heterocycles. The second-order valence-electron chi connectivity index (χ2n) is 5.13. The summed E-state index contributed by atoms with van der Waals surface area (Å²) >= 11 is 0. The van der Waals surface area contributed by atoms with Crippen LogP contribution in [0.15, 0.2) is 0 Å². The predicted molar refractivity (Wildman–Crippen MR) is 67.0 cm³/mol. The number of methoxy groups -OCH3 is 1. The second-order valence-corrected chi connectivity index (χ2v) is 5.13. The first-order valence-electron chi connectivity index (χ1n) is 6.82. The van der Waals surface area contributed by atoms with Gasteiger partial charge in [0.05, 0.1) is 19.1 Å². The van der Waals surface area contributed by atoms with Gasteiger partial charge in [-0.15, -0.1) is 0 Å². The number of amides is 1. The Kier molecular flexibility index (Phi) is 4.58. The zero-order valence-electron chi connectivity index (χ0n) is 11.0. The lowest BCUT2D eigenvalue weighted by atomic mass is 9.95. The average molecular weight is 254 g/mol. The lowest BCUT2D eigenvalue weighted by Crippen LogP contribution is -2.51. The Morgan fingerprint density at radius 2 is 1.89 bits per heavy atom. The van der Waals surface area contributed by atoms with Gasteiger partial charge in [0.2, 0.25) is 5.91 Å². The van der Waals surface area contributed by atoms with Crippen molar-refractivity contribution < 1.29 is 14.3 Å². The number of hydrogen-bond acceptors (Lipinski definition) is 4. The molecule has 2 aliphatic rings. The third-order valence-corrected chi connectivity index (χ3v) is 3.95. The number of hydrogen-bond donors (Lipinski definition) is 1. The summed E-state index contributed by atoms with van der Waals surface area (Å²) in [6, 6.07) is -0.00609. The van der Waals surface area contributed by atoms with E-state index in [9.17, 15) is 9.59 Å². The van der Waals surface area contributed by atoms with Crippen LogP contribution in [0.1, 0.15) is 32.1 Å². The highest BCUT2D eigenvalue weighted by molar-refractivity contribution is 5.82. The molecule has 5 heteroatoms. The van der Waals surface area contributed by atoms with E-state index >= 15 is 0 Å². The molecule has 5 nitrogen and oxygen atoms in total. The van der Waals surface area contributed by atoms with Crippen LogP contribution in [0.4, 0.5) is 0 Å². The highest BCUT2D eigenvalue weighted by Gasteiger charge is 2.31. The van der Waals surface area contributed by atoms with Gasteiger partial charge in [-0.3, -0.25) is 9.59 Å². The Morgan fingerprint density at radius 1 is 1.17 bits per heavy atom. The molecule has 1 N–H and O–H groups in total. The number of likely N-dealkylation sites (tertiary alicyclic amines) is 1. The molecule has 0 radical (unpaired) electrons. The summed E-state index contributed by atoms with van der Waals surface area (Å²) in [5, 5.41) is 3.28. The van der Waals surface area contributed by atoms with Gasteiger partial charge in [0.15, 0.2) is 0 Å². The van der Waals surface area contributed by atoms with Crippen molar-refractivity contribution in [2.24, 2.45) is 5.92 Å². The Labute approximate surface area is 108 Å². The molecular formula is C13H22N2O3. The van der Waals surface area contributed by atoms with Crippen LogP contribution in [0.2, 0.25) is 0 Å². The SMILES string of the molecule is COC(=O)C1CCN(C(=O)[C@@H]2CCCCN2)CC1. The van der Waals surface area contributed by atoms with Crippen LogP contribution in [0.5, 0.6) is 0 Å². The van der Waals surface area contributed by atoms with Gasteiger partial charge in [0.1, 0.15) is 0 Å². The van der Waals surface area contributed by atoms with Crippen LogP contribution in [-0.4, -0.2) is 49.6 Å². The molecule has 18 heavy (non-hydrogen) atoms. The fourth-order valence-electron chi connectivity index (χ4n) is 2.79. The van der Waals surface area contributed by atoms with Gasteiger partial charge in [-0.25, -0.2) is 0 Å². The van der Waals surface area contributed by atoms with Crippen molar-refractivity contribution in [3.05, 3.63) is 0 Å². The molecule has 0 aromatic carbocycles. The van der Waals surface area contributed by atoms with Crippen molar-refractivity contribution in [1.82, 2.24) is 10.2 Å². The molecular weight excluding hydrogens is 232 g/mol. The summed E-state index contributed by atoms with van der Waals surface area (Å²) in [4.78, 5) is 25.5. The van der Waals surface area contributed by atoms with E-state index in [0.29, 0.717) is 13.1 Å². The zero-order valence-corrected chi connectivity index (χ0v) is 11.0. The number of rotatable bonds is 2. The monoisotopic (exact) mass is 254 g/mol. The Morgan fingerprint density at radius 3 is 2.44 bits per heavy atom. The Hall–Kier alpha value is -1.10. The van der Waals surface area contributed by atoms with Gasteiger partial charge in [0, 0.05) is 13.1 Å². The molecule has 1 atom stereocenters. The Bertz CT molecular complexity index is 305. The molecule has 102 valence electrons. The summed E-state index contributed by atoms with van der Waals surface area (Å²) in [6.07, 6.45) is 4.68. The minimum absolute atomic E-state index is 0.00609. The van der Waals surface area contributed by atoms with Crippen molar-refractivity contribution in [3.63, 3.8) is 0 Å². The average Bonchev–Trinajstić information content (AvgIpc) is 2.47. The molecule has 0 aromatic rings. The zero-order chi connectivity index (χ0) is 13.0. The minimum Gasteiger partial charge on any atom is -0.469 e. The maximum Gasteiger partial charge on any atom is 0.308 e. The summed E-state index contributed by atoms with van der Waals surface area (Å²) in [5.41, 5.74) is 0. The lowest BCUT2D eigenvalue weighted by Gasteiger charge is -2.34. The van der Waals surface area contributed by atoms with Gasteiger partial charge in [0.25, 0.3) is 0 Å². The Balaban J connectivity index is 1.81. The maximum atomic E-state index is 12.2. The van der Waals surface area contributed by atoms with E-state index in [0.717, 1.165) is 38.6 Å². The van der Waals surface area contributed by atoms with Gasteiger partial charge >= 0.3 is 5.97 Å². The van der Waals surface area contributed by atoms with E-state index in [-0.39, 0.29) is 23.8 Å². The normalized spacial score (nSPS) is 25.8. The van der Waals surface area contributed by atoms with E-state index in [4.69, 9.17) is 4.74 Å². The van der Waals surface area contributed by atoms with Crippen LogP contribution < -0.4 is 5.32 Å². The van der Waals surface area contributed by atoms with Gasteiger partial charge in [-0.1, -0.05) is 6.42 Å². The van der Waals surface area contributed by atoms with Crippen molar-refractivity contribution in [2.75, 3.05) is 26.7 Å². The molecule has 0 spiro atoms. The van der Waals surface area contributed by atoms with Crippen molar-refractivity contribution in [1.29, 1.82) is 0 Å². The van der Waals surface area contributed by atoms with Crippen LogP contribution in [0, 0.1) is 5.92 Å². The second kappa shape index (κ2) is 6.18. The highest BCUT2D eigenvalue weighted by atomic mass is 16.5. The van der Waals surface area contributed by atoms with E-state index in [1.165, 1.54) is 7.11 Å². The number of carbonyl (C=O) groups excluding carboxylic acids is 2. The number of ether oxygens (including phenoxy) is 1. The fourth-order valence-corrected chi connectivity index (χ4v) is 2.79. The maximum absolute atomic E-state index is 12.2. The van der Waals surface area contributed by atoms with E-state index in [2.05, 4.69) is 5.32 Å². The van der Waals surface area contributed by atoms with E-state index < -0.39 is 0 Å². The highest BCUT2D eigenvalue weighted by Crippen LogP contribution is 2.20. The first-order chi connectivity index (χ1) is 8.72. The number of esters is 1. The van der Waals surface area contributed by atoms with Gasteiger partial charge < -0.3 is 15.0 Å². The molecule has 0 aliphatic carbocycles. The largest absolute Gasteiger partial charge is 0.469 e. The summed E-state index contributed by atoms with van der Waals surface area (Å²) in [5.74, 6) is 0.0364. The number of nitrogens with one attached hydrogen (secondary N) is 1. The van der Waals surface area contributed by atoms with Crippen LogP contribution in [-0.2, 0) is 14.3 Å². The third-order valence-electron chi connectivity index (χ3n) is 3.95. The lowest BCUT2D eigenvalue weighted by molar-refractivity contribution is -0.149. The summed E-state index contributed by atoms with van der Waals surface area (Å²) in [6.45, 7) is 2.29. The molecule has 1 amide bonds. The predicted octanol–water partition coefficient (Wildman–Crippen LogP) is 0.540.